The lowest BCUT2D eigenvalue weighted by Gasteiger charge is -2.38. The molecule has 2 heterocycles. The summed E-state index contributed by atoms with van der Waals surface area (Å²) in [5.41, 5.74) is 0. The molecule has 0 saturated carbocycles. The van der Waals surface area contributed by atoms with Crippen LogP contribution in [0.3, 0.4) is 0 Å². The summed E-state index contributed by atoms with van der Waals surface area (Å²) in [6.45, 7) is 5.92. The Morgan fingerprint density at radius 1 is 1.50 bits per heavy atom. The third kappa shape index (κ3) is 3.23. The van der Waals surface area contributed by atoms with E-state index in [2.05, 4.69) is 24.1 Å². The third-order valence-corrected chi connectivity index (χ3v) is 4.36. The molecule has 2 rings (SSSR count). The van der Waals surface area contributed by atoms with E-state index >= 15 is 0 Å². The minimum absolute atomic E-state index is 0.220. The molecule has 18 heavy (non-hydrogen) atoms. The van der Waals surface area contributed by atoms with Gasteiger partial charge in [0, 0.05) is 42.5 Å². The van der Waals surface area contributed by atoms with Crippen LogP contribution in [0.2, 0.25) is 0 Å². The van der Waals surface area contributed by atoms with Gasteiger partial charge in [-0.2, -0.15) is 0 Å². The first-order valence-electron chi connectivity index (χ1n) is 6.24. The van der Waals surface area contributed by atoms with Gasteiger partial charge in [0.15, 0.2) is 0 Å². The Kier molecular flexibility index (Phi) is 4.60. The highest BCUT2D eigenvalue weighted by molar-refractivity contribution is 8.00. The number of piperazine rings is 1. The van der Waals surface area contributed by atoms with Crippen molar-refractivity contribution in [3.05, 3.63) is 24.5 Å². The van der Waals surface area contributed by atoms with Gasteiger partial charge in [0.05, 0.1) is 5.75 Å². The summed E-state index contributed by atoms with van der Waals surface area (Å²) in [5.74, 6) is 0.721. The van der Waals surface area contributed by atoms with Crippen molar-refractivity contribution in [2.75, 3.05) is 18.8 Å². The highest BCUT2D eigenvalue weighted by atomic mass is 32.2. The number of pyridine rings is 1. The fourth-order valence-electron chi connectivity index (χ4n) is 2.07. The van der Waals surface area contributed by atoms with Crippen LogP contribution in [-0.4, -0.2) is 46.7 Å². The topological polar surface area (TPSA) is 45.2 Å². The van der Waals surface area contributed by atoms with E-state index in [-0.39, 0.29) is 11.9 Å². The molecule has 0 spiro atoms. The standard InChI is InChI=1S/C13H19N3OS/c1-10-11(2)16(8-7-15-10)13(17)9-18-12-3-5-14-6-4-12/h3-6,10-11,15H,7-9H2,1-2H3. The number of carbonyl (C=O) groups excluding carboxylic acids is 1. The van der Waals surface area contributed by atoms with Gasteiger partial charge >= 0.3 is 0 Å². The van der Waals surface area contributed by atoms with Crippen LogP contribution < -0.4 is 5.32 Å². The van der Waals surface area contributed by atoms with Gasteiger partial charge in [-0.3, -0.25) is 9.78 Å². The molecule has 0 aromatic carbocycles. The number of carbonyl (C=O) groups is 1. The van der Waals surface area contributed by atoms with Crippen LogP contribution in [0, 0.1) is 0 Å². The molecule has 0 aliphatic carbocycles. The SMILES string of the molecule is CC1NCCN(C(=O)CSc2ccncc2)C1C. The molecule has 1 aliphatic heterocycles. The molecule has 1 aliphatic rings. The number of aromatic nitrogens is 1. The maximum Gasteiger partial charge on any atom is 0.233 e. The number of nitrogens with zero attached hydrogens (tertiary/aromatic N) is 2. The monoisotopic (exact) mass is 265 g/mol. The smallest absolute Gasteiger partial charge is 0.233 e. The first-order chi connectivity index (χ1) is 8.68. The maximum atomic E-state index is 12.2. The molecule has 1 N–H and O–H groups in total. The zero-order chi connectivity index (χ0) is 13.0. The predicted octanol–water partition coefficient (Wildman–Crippen LogP) is 1.38. The van der Waals surface area contributed by atoms with Crippen molar-refractivity contribution in [1.82, 2.24) is 15.2 Å². The van der Waals surface area contributed by atoms with Crippen molar-refractivity contribution in [3.63, 3.8) is 0 Å². The number of nitrogens with one attached hydrogen (secondary N) is 1. The second-order valence-electron chi connectivity index (χ2n) is 4.54. The Morgan fingerprint density at radius 3 is 2.94 bits per heavy atom. The number of hydrogen-bond donors (Lipinski definition) is 1. The van der Waals surface area contributed by atoms with E-state index in [1.807, 2.05) is 17.0 Å². The van der Waals surface area contributed by atoms with Gasteiger partial charge in [-0.05, 0) is 26.0 Å². The van der Waals surface area contributed by atoms with E-state index in [0.717, 1.165) is 18.0 Å². The molecular formula is C13H19N3OS. The Balaban J connectivity index is 1.88. The van der Waals surface area contributed by atoms with Gasteiger partial charge in [0.25, 0.3) is 0 Å². The fraction of sp³-hybridized carbons (Fsp3) is 0.538. The van der Waals surface area contributed by atoms with E-state index in [1.165, 1.54) is 0 Å². The van der Waals surface area contributed by atoms with Crippen LogP contribution in [-0.2, 0) is 4.79 Å². The molecule has 1 aromatic rings. The number of hydrogen-bond acceptors (Lipinski definition) is 4. The molecule has 0 bridgehead atoms. The molecule has 1 fully saturated rings. The van der Waals surface area contributed by atoms with Crippen molar-refractivity contribution in [2.24, 2.45) is 0 Å². The Bertz CT molecular complexity index is 398. The first kappa shape index (κ1) is 13.4. The number of rotatable bonds is 3. The van der Waals surface area contributed by atoms with Crippen molar-refractivity contribution >= 4 is 17.7 Å². The van der Waals surface area contributed by atoms with Gasteiger partial charge in [-0.15, -0.1) is 11.8 Å². The maximum absolute atomic E-state index is 12.2. The molecule has 1 amide bonds. The Labute approximate surface area is 112 Å². The summed E-state index contributed by atoms with van der Waals surface area (Å²) in [4.78, 5) is 19.2. The zero-order valence-corrected chi connectivity index (χ0v) is 11.6. The number of thioether (sulfide) groups is 1. The van der Waals surface area contributed by atoms with Crippen molar-refractivity contribution < 1.29 is 4.79 Å². The van der Waals surface area contributed by atoms with E-state index in [1.54, 1.807) is 24.2 Å². The van der Waals surface area contributed by atoms with Crippen LogP contribution in [0.1, 0.15) is 13.8 Å². The molecule has 1 aromatic heterocycles. The van der Waals surface area contributed by atoms with Gasteiger partial charge < -0.3 is 10.2 Å². The summed E-state index contributed by atoms with van der Waals surface area (Å²) < 4.78 is 0. The van der Waals surface area contributed by atoms with Gasteiger partial charge in [0.2, 0.25) is 5.91 Å². The van der Waals surface area contributed by atoms with Crippen LogP contribution in [0.5, 0.6) is 0 Å². The largest absolute Gasteiger partial charge is 0.336 e. The average Bonchev–Trinajstić information content (AvgIpc) is 2.40. The highest BCUT2D eigenvalue weighted by Gasteiger charge is 2.27. The van der Waals surface area contributed by atoms with E-state index in [9.17, 15) is 4.79 Å². The second-order valence-corrected chi connectivity index (χ2v) is 5.59. The minimum Gasteiger partial charge on any atom is -0.336 e. The Morgan fingerprint density at radius 2 is 2.22 bits per heavy atom. The molecule has 98 valence electrons. The molecule has 4 nitrogen and oxygen atoms in total. The lowest BCUT2D eigenvalue weighted by atomic mass is 10.1. The molecule has 5 heteroatoms. The summed E-state index contributed by atoms with van der Waals surface area (Å²) >= 11 is 1.57. The van der Waals surface area contributed by atoms with Gasteiger partial charge in [-0.25, -0.2) is 0 Å². The van der Waals surface area contributed by atoms with Crippen molar-refractivity contribution in [3.8, 4) is 0 Å². The van der Waals surface area contributed by atoms with E-state index < -0.39 is 0 Å². The van der Waals surface area contributed by atoms with Gasteiger partial charge in [0.1, 0.15) is 0 Å². The van der Waals surface area contributed by atoms with Crippen LogP contribution in [0.15, 0.2) is 29.4 Å². The normalized spacial score (nSPS) is 24.0. The summed E-state index contributed by atoms with van der Waals surface area (Å²) in [6.07, 6.45) is 3.50. The van der Waals surface area contributed by atoms with Crippen molar-refractivity contribution in [2.45, 2.75) is 30.8 Å². The second kappa shape index (κ2) is 6.20. The van der Waals surface area contributed by atoms with Crippen LogP contribution in [0.4, 0.5) is 0 Å². The quantitative estimate of drug-likeness (QED) is 0.839. The molecular weight excluding hydrogens is 246 g/mol. The van der Waals surface area contributed by atoms with Crippen molar-refractivity contribution in [1.29, 1.82) is 0 Å². The zero-order valence-electron chi connectivity index (χ0n) is 10.8. The van der Waals surface area contributed by atoms with Gasteiger partial charge in [-0.1, -0.05) is 0 Å². The molecule has 1 saturated heterocycles. The summed E-state index contributed by atoms with van der Waals surface area (Å²) in [5, 5.41) is 3.38. The number of amides is 1. The molecule has 2 unspecified atom stereocenters. The molecule has 2 atom stereocenters. The average molecular weight is 265 g/mol. The summed E-state index contributed by atoms with van der Waals surface area (Å²) in [6, 6.07) is 4.50. The molecule has 0 radical (unpaired) electrons. The fourth-order valence-corrected chi connectivity index (χ4v) is 2.84. The third-order valence-electron chi connectivity index (χ3n) is 3.37. The van der Waals surface area contributed by atoms with Crippen LogP contribution >= 0.6 is 11.8 Å². The Hall–Kier alpha value is -1.07. The predicted molar refractivity (Wildman–Crippen MR) is 73.6 cm³/mol. The van der Waals surface area contributed by atoms with E-state index in [0.29, 0.717) is 11.8 Å². The first-order valence-corrected chi connectivity index (χ1v) is 7.22. The van der Waals surface area contributed by atoms with Crippen LogP contribution in [0.25, 0.3) is 0 Å². The lowest BCUT2D eigenvalue weighted by molar-refractivity contribution is -0.131. The summed E-state index contributed by atoms with van der Waals surface area (Å²) in [7, 11) is 0. The van der Waals surface area contributed by atoms with E-state index in [4.69, 9.17) is 0 Å². The highest BCUT2D eigenvalue weighted by Crippen LogP contribution is 2.18. The minimum atomic E-state index is 0.220. The lowest BCUT2D eigenvalue weighted by Crippen LogP contribution is -2.57.